The molecule has 2 unspecified atom stereocenters. The standard InChI is InChI=1S/C15H21ClN2/c1-17-13-8-14-6-7-15(9-13)18(14)10-11-2-4-12(16)5-3-11/h2-5,13-15,17H,6-10H2,1H3. The smallest absolute Gasteiger partial charge is 0.0406 e. The van der Waals surface area contributed by atoms with Crippen LogP contribution in [0.3, 0.4) is 0 Å². The van der Waals surface area contributed by atoms with Gasteiger partial charge in [0.05, 0.1) is 0 Å². The summed E-state index contributed by atoms with van der Waals surface area (Å²) in [5, 5.41) is 4.28. The summed E-state index contributed by atoms with van der Waals surface area (Å²) < 4.78 is 0. The third kappa shape index (κ3) is 2.42. The Kier molecular flexibility index (Phi) is 3.60. The number of hydrogen-bond acceptors (Lipinski definition) is 2. The van der Waals surface area contributed by atoms with Gasteiger partial charge in [-0.25, -0.2) is 0 Å². The number of fused-ring (bicyclic) bond motifs is 2. The second-order valence-electron chi connectivity index (χ2n) is 5.64. The normalized spacial score (nSPS) is 31.8. The van der Waals surface area contributed by atoms with E-state index < -0.39 is 0 Å². The number of rotatable bonds is 3. The summed E-state index contributed by atoms with van der Waals surface area (Å²) in [7, 11) is 2.10. The molecule has 3 heteroatoms. The summed E-state index contributed by atoms with van der Waals surface area (Å²) in [6, 6.07) is 10.6. The Bertz CT molecular complexity index is 389. The van der Waals surface area contributed by atoms with E-state index in [0.717, 1.165) is 29.7 Å². The Morgan fingerprint density at radius 1 is 1.17 bits per heavy atom. The zero-order chi connectivity index (χ0) is 12.5. The molecule has 0 amide bonds. The van der Waals surface area contributed by atoms with Crippen LogP contribution in [0.4, 0.5) is 0 Å². The quantitative estimate of drug-likeness (QED) is 0.903. The van der Waals surface area contributed by atoms with Crippen molar-refractivity contribution in [1.82, 2.24) is 10.2 Å². The maximum Gasteiger partial charge on any atom is 0.0406 e. The Hall–Kier alpha value is -0.570. The summed E-state index contributed by atoms with van der Waals surface area (Å²) in [6.07, 6.45) is 5.36. The van der Waals surface area contributed by atoms with Gasteiger partial charge in [0.1, 0.15) is 0 Å². The second kappa shape index (κ2) is 5.20. The van der Waals surface area contributed by atoms with E-state index in [2.05, 4.69) is 29.4 Å². The predicted molar refractivity (Wildman–Crippen MR) is 75.9 cm³/mol. The van der Waals surface area contributed by atoms with Crippen LogP contribution in [0.25, 0.3) is 0 Å². The number of piperidine rings is 1. The highest BCUT2D eigenvalue weighted by Crippen LogP contribution is 2.36. The van der Waals surface area contributed by atoms with E-state index in [4.69, 9.17) is 11.6 Å². The molecule has 0 aliphatic carbocycles. The van der Waals surface area contributed by atoms with Gasteiger partial charge in [-0.05, 0) is 50.4 Å². The van der Waals surface area contributed by atoms with Crippen LogP contribution < -0.4 is 5.32 Å². The molecule has 2 atom stereocenters. The summed E-state index contributed by atoms with van der Waals surface area (Å²) in [6.45, 7) is 1.09. The van der Waals surface area contributed by atoms with Crippen molar-refractivity contribution >= 4 is 11.6 Å². The summed E-state index contributed by atoms with van der Waals surface area (Å²) in [4.78, 5) is 2.71. The predicted octanol–water partition coefficient (Wildman–Crippen LogP) is 3.05. The first-order valence-electron chi connectivity index (χ1n) is 6.93. The molecule has 2 saturated heterocycles. The monoisotopic (exact) mass is 264 g/mol. The Morgan fingerprint density at radius 3 is 2.33 bits per heavy atom. The van der Waals surface area contributed by atoms with Gasteiger partial charge in [0.2, 0.25) is 0 Å². The van der Waals surface area contributed by atoms with Crippen LogP contribution in [-0.2, 0) is 6.54 Å². The van der Waals surface area contributed by atoms with Crippen molar-refractivity contribution in [2.75, 3.05) is 7.05 Å². The molecule has 2 bridgehead atoms. The Morgan fingerprint density at radius 2 is 1.78 bits per heavy atom. The van der Waals surface area contributed by atoms with E-state index in [-0.39, 0.29) is 0 Å². The first kappa shape index (κ1) is 12.5. The first-order valence-corrected chi connectivity index (χ1v) is 7.31. The van der Waals surface area contributed by atoms with Gasteiger partial charge in [0.25, 0.3) is 0 Å². The molecule has 2 aliphatic rings. The lowest BCUT2D eigenvalue weighted by molar-refractivity contribution is 0.111. The molecule has 2 aliphatic heterocycles. The van der Waals surface area contributed by atoms with Gasteiger partial charge in [-0.15, -0.1) is 0 Å². The largest absolute Gasteiger partial charge is 0.317 e. The minimum atomic E-state index is 0.726. The maximum absolute atomic E-state index is 5.94. The molecule has 1 aromatic carbocycles. The van der Waals surface area contributed by atoms with E-state index in [0.29, 0.717) is 0 Å². The lowest BCUT2D eigenvalue weighted by Gasteiger charge is -2.39. The number of nitrogens with one attached hydrogen (secondary N) is 1. The van der Waals surface area contributed by atoms with Gasteiger partial charge in [0.15, 0.2) is 0 Å². The van der Waals surface area contributed by atoms with Crippen LogP contribution in [0, 0.1) is 0 Å². The lowest BCUT2D eigenvalue weighted by atomic mass is 9.97. The highest BCUT2D eigenvalue weighted by atomic mass is 35.5. The number of halogens is 1. The minimum Gasteiger partial charge on any atom is -0.317 e. The Balaban J connectivity index is 1.69. The van der Waals surface area contributed by atoms with Crippen molar-refractivity contribution in [2.24, 2.45) is 0 Å². The SMILES string of the molecule is CNC1CC2CCC(C1)N2Cc1ccc(Cl)cc1. The molecule has 0 spiro atoms. The average molecular weight is 265 g/mol. The summed E-state index contributed by atoms with van der Waals surface area (Å²) in [5.41, 5.74) is 1.39. The zero-order valence-corrected chi connectivity index (χ0v) is 11.7. The summed E-state index contributed by atoms with van der Waals surface area (Å²) >= 11 is 5.94. The first-order chi connectivity index (χ1) is 8.76. The fourth-order valence-corrected chi connectivity index (χ4v) is 3.69. The number of benzene rings is 1. The second-order valence-corrected chi connectivity index (χ2v) is 6.08. The molecular weight excluding hydrogens is 244 g/mol. The van der Waals surface area contributed by atoms with Crippen LogP contribution in [0.2, 0.25) is 5.02 Å². The zero-order valence-electron chi connectivity index (χ0n) is 10.9. The molecule has 0 radical (unpaired) electrons. The van der Waals surface area contributed by atoms with Gasteiger partial charge in [-0.3, -0.25) is 4.90 Å². The van der Waals surface area contributed by atoms with E-state index in [1.807, 2.05) is 12.1 Å². The van der Waals surface area contributed by atoms with E-state index in [9.17, 15) is 0 Å². The highest BCUT2D eigenvalue weighted by molar-refractivity contribution is 6.30. The highest BCUT2D eigenvalue weighted by Gasteiger charge is 2.39. The molecule has 3 rings (SSSR count). The fraction of sp³-hybridized carbons (Fsp3) is 0.600. The molecule has 18 heavy (non-hydrogen) atoms. The number of nitrogens with zero attached hydrogens (tertiary/aromatic N) is 1. The molecule has 0 aromatic heterocycles. The maximum atomic E-state index is 5.94. The molecular formula is C15H21ClN2. The molecule has 98 valence electrons. The van der Waals surface area contributed by atoms with Crippen LogP contribution >= 0.6 is 11.6 Å². The molecule has 2 heterocycles. The van der Waals surface area contributed by atoms with E-state index >= 15 is 0 Å². The van der Waals surface area contributed by atoms with E-state index in [1.54, 1.807) is 0 Å². The van der Waals surface area contributed by atoms with Crippen LogP contribution in [0.15, 0.2) is 24.3 Å². The molecule has 1 N–H and O–H groups in total. The van der Waals surface area contributed by atoms with Gasteiger partial charge < -0.3 is 5.32 Å². The third-order valence-corrected chi connectivity index (χ3v) is 4.82. The average Bonchev–Trinajstić information content (AvgIpc) is 2.63. The van der Waals surface area contributed by atoms with Gasteiger partial charge in [0, 0.05) is 29.7 Å². The molecule has 2 fully saturated rings. The fourth-order valence-electron chi connectivity index (χ4n) is 3.57. The van der Waals surface area contributed by atoms with Crippen LogP contribution in [0.1, 0.15) is 31.2 Å². The molecule has 0 saturated carbocycles. The topological polar surface area (TPSA) is 15.3 Å². The van der Waals surface area contributed by atoms with Crippen molar-refractivity contribution in [3.63, 3.8) is 0 Å². The minimum absolute atomic E-state index is 0.726. The van der Waals surface area contributed by atoms with Gasteiger partial charge in [-0.1, -0.05) is 23.7 Å². The third-order valence-electron chi connectivity index (χ3n) is 4.57. The van der Waals surface area contributed by atoms with Crippen molar-refractivity contribution in [3.8, 4) is 0 Å². The van der Waals surface area contributed by atoms with Crippen molar-refractivity contribution in [3.05, 3.63) is 34.9 Å². The van der Waals surface area contributed by atoms with Crippen LogP contribution in [-0.4, -0.2) is 30.1 Å². The van der Waals surface area contributed by atoms with Gasteiger partial charge >= 0.3 is 0 Å². The van der Waals surface area contributed by atoms with Crippen molar-refractivity contribution in [1.29, 1.82) is 0 Å². The van der Waals surface area contributed by atoms with Crippen molar-refractivity contribution in [2.45, 2.75) is 50.4 Å². The van der Waals surface area contributed by atoms with Crippen molar-refractivity contribution < 1.29 is 0 Å². The van der Waals surface area contributed by atoms with Crippen LogP contribution in [0.5, 0.6) is 0 Å². The van der Waals surface area contributed by atoms with Gasteiger partial charge in [-0.2, -0.15) is 0 Å². The summed E-state index contributed by atoms with van der Waals surface area (Å²) in [5.74, 6) is 0. The Labute approximate surface area is 114 Å². The molecule has 2 nitrogen and oxygen atoms in total. The lowest BCUT2D eigenvalue weighted by Crippen LogP contribution is -2.47. The van der Waals surface area contributed by atoms with E-state index in [1.165, 1.54) is 31.2 Å². The molecule has 1 aromatic rings. The number of hydrogen-bond donors (Lipinski definition) is 1.